The Kier molecular flexibility index (Phi) is 12.8. The highest BCUT2D eigenvalue weighted by atomic mass is 35.5. The number of pyridine rings is 1. The second kappa shape index (κ2) is 17.2. The minimum atomic E-state index is -0.819. The van der Waals surface area contributed by atoms with E-state index in [1.165, 1.54) is 30.8 Å². The predicted molar refractivity (Wildman–Crippen MR) is 189 cm³/mol. The SMILES string of the molecule is COc1ccc(C(Cc2c(Cl)cncc2Cl)OC(=O)c2ccc(CNC(C(=O)OCC3CCN(C)CC3)c3cccc(O)c3)s2)cc1OC. The van der Waals surface area contributed by atoms with Crippen LogP contribution in [0.25, 0.3) is 0 Å². The van der Waals surface area contributed by atoms with Crippen molar-refractivity contribution >= 4 is 46.5 Å². The van der Waals surface area contributed by atoms with E-state index in [4.69, 9.17) is 42.1 Å². The molecule has 2 atom stereocenters. The third-order valence-electron chi connectivity index (χ3n) is 8.45. The highest BCUT2D eigenvalue weighted by Gasteiger charge is 2.27. The number of hydrogen-bond acceptors (Lipinski definition) is 11. The maximum absolute atomic E-state index is 13.6. The molecule has 0 spiro atoms. The van der Waals surface area contributed by atoms with Crippen LogP contribution in [0.3, 0.4) is 0 Å². The molecule has 0 aliphatic carbocycles. The van der Waals surface area contributed by atoms with Gasteiger partial charge in [0.2, 0.25) is 0 Å². The molecule has 49 heavy (non-hydrogen) atoms. The van der Waals surface area contributed by atoms with E-state index >= 15 is 0 Å². The molecule has 1 aliphatic heterocycles. The smallest absolute Gasteiger partial charge is 0.348 e. The average molecular weight is 729 g/mol. The standard InChI is InChI=1S/C36H39Cl2N3O7S/c1-41-13-11-22(12-14-41)21-47-36(44)34(24-5-4-6-25(42)15-24)40-18-26-8-10-33(49-26)35(43)48-31(17-27-28(37)19-39-20-29(27)38)23-7-9-30(45-2)32(16-23)46-3/h4-10,15-16,19-20,22,31,34,40,42H,11-14,17-18,21H2,1-3H3. The zero-order valence-corrected chi connectivity index (χ0v) is 29.8. The highest BCUT2D eigenvalue weighted by Crippen LogP contribution is 2.36. The van der Waals surface area contributed by atoms with Gasteiger partial charge in [-0.15, -0.1) is 11.3 Å². The summed E-state index contributed by atoms with van der Waals surface area (Å²) in [5, 5.41) is 14.1. The Morgan fingerprint density at radius 2 is 1.73 bits per heavy atom. The van der Waals surface area contributed by atoms with E-state index in [1.807, 2.05) is 0 Å². The van der Waals surface area contributed by atoms with Crippen LogP contribution in [0, 0.1) is 5.92 Å². The summed E-state index contributed by atoms with van der Waals surface area (Å²) >= 11 is 14.1. The molecule has 1 aliphatic rings. The third-order valence-corrected chi connectivity index (χ3v) is 10.2. The van der Waals surface area contributed by atoms with Gasteiger partial charge >= 0.3 is 11.9 Å². The van der Waals surface area contributed by atoms with Crippen molar-refractivity contribution in [3.05, 3.63) is 103 Å². The van der Waals surface area contributed by atoms with E-state index in [9.17, 15) is 14.7 Å². The molecule has 0 bridgehead atoms. The lowest BCUT2D eigenvalue weighted by molar-refractivity contribution is -0.148. The van der Waals surface area contributed by atoms with Gasteiger partial charge in [-0.2, -0.15) is 0 Å². The van der Waals surface area contributed by atoms with Crippen molar-refractivity contribution in [2.45, 2.75) is 38.0 Å². The molecule has 0 radical (unpaired) electrons. The van der Waals surface area contributed by atoms with Crippen LogP contribution in [-0.2, 0) is 27.2 Å². The molecule has 4 aromatic rings. The van der Waals surface area contributed by atoms with E-state index in [-0.39, 0.29) is 18.7 Å². The summed E-state index contributed by atoms with van der Waals surface area (Å²) in [6.45, 7) is 2.55. The number of carbonyl (C=O) groups is 2. The van der Waals surface area contributed by atoms with Crippen LogP contribution in [0.4, 0.5) is 0 Å². The summed E-state index contributed by atoms with van der Waals surface area (Å²) in [4.78, 5) is 34.4. The van der Waals surface area contributed by atoms with Crippen LogP contribution in [0.5, 0.6) is 17.2 Å². The Morgan fingerprint density at radius 3 is 2.43 bits per heavy atom. The normalized spacial score (nSPS) is 15.0. The molecule has 3 heterocycles. The van der Waals surface area contributed by atoms with Crippen molar-refractivity contribution in [3.8, 4) is 17.2 Å². The van der Waals surface area contributed by atoms with Gasteiger partial charge in [0.1, 0.15) is 22.8 Å². The molecule has 260 valence electrons. The lowest BCUT2D eigenvalue weighted by Crippen LogP contribution is -2.34. The van der Waals surface area contributed by atoms with Gasteiger partial charge in [0.25, 0.3) is 0 Å². The van der Waals surface area contributed by atoms with Gasteiger partial charge in [-0.25, -0.2) is 9.59 Å². The molecule has 1 fully saturated rings. The lowest BCUT2D eigenvalue weighted by Gasteiger charge is -2.29. The first kappa shape index (κ1) is 36.4. The topological polar surface area (TPSA) is 119 Å². The predicted octanol–water partition coefficient (Wildman–Crippen LogP) is 7.03. The number of ether oxygens (including phenoxy) is 4. The average Bonchev–Trinajstić information content (AvgIpc) is 3.58. The van der Waals surface area contributed by atoms with Gasteiger partial charge in [0, 0.05) is 30.2 Å². The number of aromatic hydroxyl groups is 1. The number of likely N-dealkylation sites (tertiary alicyclic amines) is 1. The number of thiophene rings is 1. The highest BCUT2D eigenvalue weighted by molar-refractivity contribution is 7.13. The zero-order valence-electron chi connectivity index (χ0n) is 27.5. The van der Waals surface area contributed by atoms with Crippen molar-refractivity contribution < 1.29 is 33.6 Å². The van der Waals surface area contributed by atoms with Crippen LogP contribution < -0.4 is 14.8 Å². The Hall–Kier alpha value is -3.87. The Labute approximate surface area is 299 Å². The summed E-state index contributed by atoms with van der Waals surface area (Å²) in [5.41, 5.74) is 1.82. The number of piperidine rings is 1. The Morgan fingerprint density at radius 1 is 1.00 bits per heavy atom. The fourth-order valence-electron chi connectivity index (χ4n) is 5.63. The van der Waals surface area contributed by atoms with Gasteiger partial charge in [0.15, 0.2) is 11.5 Å². The van der Waals surface area contributed by atoms with E-state index in [0.29, 0.717) is 55.6 Å². The Balaban J connectivity index is 1.30. The van der Waals surface area contributed by atoms with Gasteiger partial charge in [-0.3, -0.25) is 10.3 Å². The number of rotatable bonds is 14. The minimum Gasteiger partial charge on any atom is -0.508 e. The Bertz CT molecular complexity index is 1730. The molecule has 2 N–H and O–H groups in total. The molecular formula is C36H39Cl2N3O7S. The number of benzene rings is 2. The molecule has 2 unspecified atom stereocenters. The second-order valence-corrected chi connectivity index (χ2v) is 13.8. The maximum Gasteiger partial charge on any atom is 0.348 e. The molecule has 0 saturated carbocycles. The lowest BCUT2D eigenvalue weighted by atomic mass is 9.98. The molecule has 13 heteroatoms. The minimum absolute atomic E-state index is 0.0481. The number of aromatic nitrogens is 1. The third kappa shape index (κ3) is 9.64. The molecular weight excluding hydrogens is 689 g/mol. The fourth-order valence-corrected chi connectivity index (χ4v) is 6.99. The number of nitrogens with zero attached hydrogens (tertiary/aromatic N) is 2. The van der Waals surface area contributed by atoms with Crippen molar-refractivity contribution in [1.82, 2.24) is 15.2 Å². The second-order valence-electron chi connectivity index (χ2n) is 11.8. The van der Waals surface area contributed by atoms with Crippen molar-refractivity contribution in [2.24, 2.45) is 5.92 Å². The monoisotopic (exact) mass is 727 g/mol. The van der Waals surface area contributed by atoms with Crippen molar-refractivity contribution in [2.75, 3.05) is 41.0 Å². The first-order valence-corrected chi connectivity index (χ1v) is 17.4. The maximum atomic E-state index is 13.6. The number of phenolic OH excluding ortho intramolecular Hbond substituents is 1. The van der Waals surface area contributed by atoms with Crippen molar-refractivity contribution in [3.63, 3.8) is 0 Å². The van der Waals surface area contributed by atoms with E-state index in [2.05, 4.69) is 22.2 Å². The van der Waals surface area contributed by atoms with E-state index < -0.39 is 24.1 Å². The van der Waals surface area contributed by atoms with Gasteiger partial charge in [0.05, 0.1) is 30.9 Å². The number of nitrogens with one attached hydrogen (secondary N) is 1. The van der Waals surface area contributed by atoms with E-state index in [0.717, 1.165) is 30.8 Å². The summed E-state index contributed by atoms with van der Waals surface area (Å²) in [7, 11) is 5.16. The molecule has 5 rings (SSSR count). The summed E-state index contributed by atoms with van der Waals surface area (Å²) in [6, 6.07) is 14.5. The van der Waals surface area contributed by atoms with Crippen LogP contribution in [0.2, 0.25) is 10.0 Å². The first-order valence-electron chi connectivity index (χ1n) is 15.8. The molecule has 1 saturated heterocycles. The number of halogens is 2. The molecule has 2 aromatic heterocycles. The quantitative estimate of drug-likeness (QED) is 0.131. The summed E-state index contributed by atoms with van der Waals surface area (Å²) in [6.07, 6.45) is 4.33. The first-order chi connectivity index (χ1) is 23.6. The van der Waals surface area contributed by atoms with E-state index in [1.54, 1.807) is 61.7 Å². The fraction of sp³-hybridized carbons (Fsp3) is 0.361. The van der Waals surface area contributed by atoms with Crippen molar-refractivity contribution in [1.29, 1.82) is 0 Å². The van der Waals surface area contributed by atoms with Gasteiger partial charge < -0.3 is 29.0 Å². The number of methoxy groups -OCH3 is 2. The molecule has 0 amide bonds. The molecule has 10 nitrogen and oxygen atoms in total. The number of phenols is 1. The summed E-state index contributed by atoms with van der Waals surface area (Å²) in [5.74, 6) is 0.396. The number of hydrogen-bond donors (Lipinski definition) is 2. The number of esters is 2. The van der Waals surface area contributed by atoms with Crippen LogP contribution in [0.15, 0.2) is 67.0 Å². The summed E-state index contributed by atoms with van der Waals surface area (Å²) < 4.78 is 22.7. The van der Waals surface area contributed by atoms with Gasteiger partial charge in [-0.05, 0) is 92.0 Å². The number of carbonyl (C=O) groups excluding carboxylic acids is 2. The van der Waals surface area contributed by atoms with Gasteiger partial charge in [-0.1, -0.05) is 41.4 Å². The van der Waals surface area contributed by atoms with Crippen LogP contribution in [-0.4, -0.2) is 67.9 Å². The molecule has 2 aromatic carbocycles. The largest absolute Gasteiger partial charge is 0.508 e. The van der Waals surface area contributed by atoms with Crippen LogP contribution in [0.1, 0.15) is 56.2 Å². The zero-order chi connectivity index (χ0) is 34.9. The van der Waals surface area contributed by atoms with Crippen LogP contribution >= 0.6 is 34.5 Å².